The van der Waals surface area contributed by atoms with E-state index in [2.05, 4.69) is 11.3 Å². The fourth-order valence-corrected chi connectivity index (χ4v) is 2.30. The van der Waals surface area contributed by atoms with Crippen LogP contribution in [0.4, 0.5) is 0 Å². The number of aryl methyl sites for hydroxylation is 1. The Balaban J connectivity index is 1.74. The summed E-state index contributed by atoms with van der Waals surface area (Å²) in [5, 5.41) is 4.26. The van der Waals surface area contributed by atoms with Crippen LogP contribution in [-0.4, -0.2) is 15.6 Å². The quantitative estimate of drug-likeness (QED) is 0.649. The molecule has 0 saturated heterocycles. The lowest BCUT2D eigenvalue weighted by molar-refractivity contribution is -0.115. The van der Waals surface area contributed by atoms with Gasteiger partial charge in [-0.1, -0.05) is 0 Å². The summed E-state index contributed by atoms with van der Waals surface area (Å²) in [4.78, 5) is 11.0. The molecule has 1 spiro atoms. The lowest BCUT2D eigenvalue weighted by Gasteiger charge is -2.34. The van der Waals surface area contributed by atoms with Crippen LogP contribution < -0.4 is 0 Å². The van der Waals surface area contributed by atoms with Crippen LogP contribution >= 0.6 is 0 Å². The minimum atomic E-state index is 0.116. The molecule has 3 rings (SSSR count). The van der Waals surface area contributed by atoms with Crippen LogP contribution in [-0.2, 0) is 4.79 Å². The first-order chi connectivity index (χ1) is 6.20. The van der Waals surface area contributed by atoms with E-state index in [1.54, 1.807) is 0 Å². The minimum Gasteiger partial charge on any atom is -0.299 e. The van der Waals surface area contributed by atoms with Gasteiger partial charge in [-0.05, 0) is 25.3 Å². The number of hydrogen-bond acceptors (Lipinski definition) is 2. The van der Waals surface area contributed by atoms with Crippen LogP contribution in [0.25, 0.3) is 0 Å². The lowest BCUT2D eigenvalue weighted by Crippen LogP contribution is -2.30. The third-order valence-electron chi connectivity index (χ3n) is 3.32. The predicted octanol–water partition coefficient (Wildman–Crippen LogP) is 1.49. The van der Waals surface area contributed by atoms with Crippen molar-refractivity contribution in [1.82, 2.24) is 9.78 Å². The van der Waals surface area contributed by atoms with E-state index in [4.69, 9.17) is 0 Å². The summed E-state index contributed by atoms with van der Waals surface area (Å²) >= 11 is 0. The monoisotopic (exact) mass is 176 g/mol. The molecule has 0 unspecified atom stereocenters. The molecule has 13 heavy (non-hydrogen) atoms. The fourth-order valence-electron chi connectivity index (χ4n) is 2.30. The Morgan fingerprint density at radius 3 is 2.77 bits per heavy atom. The van der Waals surface area contributed by atoms with Crippen LogP contribution in [0.5, 0.6) is 0 Å². The van der Waals surface area contributed by atoms with Crippen molar-refractivity contribution in [2.45, 2.75) is 32.2 Å². The second-order valence-corrected chi connectivity index (χ2v) is 4.44. The zero-order valence-electron chi connectivity index (χ0n) is 7.66. The Labute approximate surface area is 76.7 Å². The van der Waals surface area contributed by atoms with Gasteiger partial charge in [-0.15, -0.1) is 0 Å². The molecule has 0 amide bonds. The molecule has 2 fully saturated rings. The SMILES string of the molecule is Cc1cnn(C2CC3(CC3=O)C2)c1. The van der Waals surface area contributed by atoms with Gasteiger partial charge < -0.3 is 0 Å². The highest BCUT2D eigenvalue weighted by molar-refractivity contribution is 6.01. The maximum atomic E-state index is 11.0. The van der Waals surface area contributed by atoms with Crippen molar-refractivity contribution in [2.75, 3.05) is 0 Å². The molecule has 0 aliphatic heterocycles. The minimum absolute atomic E-state index is 0.116. The summed E-state index contributed by atoms with van der Waals surface area (Å²) in [6.07, 6.45) is 6.80. The average molecular weight is 176 g/mol. The van der Waals surface area contributed by atoms with Crippen molar-refractivity contribution in [3.8, 4) is 0 Å². The van der Waals surface area contributed by atoms with Gasteiger partial charge in [0.05, 0.1) is 12.2 Å². The van der Waals surface area contributed by atoms with Crippen molar-refractivity contribution in [1.29, 1.82) is 0 Å². The van der Waals surface area contributed by atoms with Crippen molar-refractivity contribution in [3.05, 3.63) is 18.0 Å². The lowest BCUT2D eigenvalue weighted by atomic mass is 9.77. The van der Waals surface area contributed by atoms with Gasteiger partial charge in [0.25, 0.3) is 0 Å². The molecule has 0 aromatic carbocycles. The molecular weight excluding hydrogens is 164 g/mol. The highest BCUT2D eigenvalue weighted by atomic mass is 16.1. The molecule has 0 N–H and O–H groups in total. The van der Waals surface area contributed by atoms with Gasteiger partial charge in [0.2, 0.25) is 0 Å². The van der Waals surface area contributed by atoms with Gasteiger partial charge in [-0.25, -0.2) is 0 Å². The molecule has 2 aliphatic carbocycles. The van der Waals surface area contributed by atoms with E-state index in [9.17, 15) is 4.79 Å². The van der Waals surface area contributed by atoms with Crippen LogP contribution in [0.15, 0.2) is 12.4 Å². The number of carbonyl (C=O) groups excluding carboxylic acids is 1. The second-order valence-electron chi connectivity index (χ2n) is 4.44. The molecule has 1 heterocycles. The van der Waals surface area contributed by atoms with Crippen LogP contribution in [0.1, 0.15) is 30.9 Å². The first-order valence-electron chi connectivity index (χ1n) is 4.74. The van der Waals surface area contributed by atoms with E-state index in [0.29, 0.717) is 11.8 Å². The molecule has 68 valence electrons. The summed E-state index contributed by atoms with van der Waals surface area (Å²) in [6.45, 7) is 2.04. The van der Waals surface area contributed by atoms with Crippen molar-refractivity contribution < 1.29 is 4.79 Å². The molecule has 0 radical (unpaired) electrons. The topological polar surface area (TPSA) is 34.9 Å². The number of ketones is 1. The Morgan fingerprint density at radius 1 is 1.62 bits per heavy atom. The van der Waals surface area contributed by atoms with E-state index in [0.717, 1.165) is 19.3 Å². The van der Waals surface area contributed by atoms with E-state index < -0.39 is 0 Å². The van der Waals surface area contributed by atoms with Crippen LogP contribution in [0.2, 0.25) is 0 Å². The van der Waals surface area contributed by atoms with Gasteiger partial charge in [0.15, 0.2) is 0 Å². The van der Waals surface area contributed by atoms with Crippen LogP contribution in [0.3, 0.4) is 0 Å². The number of rotatable bonds is 1. The second kappa shape index (κ2) is 2.03. The first kappa shape index (κ1) is 7.30. The van der Waals surface area contributed by atoms with E-state index >= 15 is 0 Å². The molecule has 1 aromatic rings. The summed E-state index contributed by atoms with van der Waals surface area (Å²) < 4.78 is 2.01. The van der Waals surface area contributed by atoms with Gasteiger partial charge in [-0.3, -0.25) is 9.48 Å². The van der Waals surface area contributed by atoms with Gasteiger partial charge in [0.1, 0.15) is 5.78 Å². The average Bonchev–Trinajstić information content (AvgIpc) is 2.49. The molecule has 1 aromatic heterocycles. The Morgan fingerprint density at radius 2 is 2.31 bits per heavy atom. The zero-order valence-corrected chi connectivity index (χ0v) is 7.66. The molecule has 3 nitrogen and oxygen atoms in total. The van der Waals surface area contributed by atoms with E-state index in [-0.39, 0.29) is 5.41 Å². The van der Waals surface area contributed by atoms with Crippen molar-refractivity contribution in [2.24, 2.45) is 5.41 Å². The largest absolute Gasteiger partial charge is 0.299 e. The predicted molar refractivity (Wildman–Crippen MR) is 47.3 cm³/mol. The van der Waals surface area contributed by atoms with Crippen molar-refractivity contribution in [3.63, 3.8) is 0 Å². The third-order valence-corrected chi connectivity index (χ3v) is 3.32. The normalized spacial score (nSPS) is 36.4. The van der Waals surface area contributed by atoms with Gasteiger partial charge in [-0.2, -0.15) is 5.10 Å². The molecular formula is C10H12N2O. The molecule has 0 bridgehead atoms. The van der Waals surface area contributed by atoms with E-state index in [1.165, 1.54) is 5.56 Å². The maximum absolute atomic E-state index is 11.0. The van der Waals surface area contributed by atoms with Gasteiger partial charge in [0, 0.05) is 18.0 Å². The highest BCUT2D eigenvalue weighted by Gasteiger charge is 2.62. The molecule has 2 aliphatic rings. The van der Waals surface area contributed by atoms with E-state index in [1.807, 2.05) is 17.8 Å². The maximum Gasteiger partial charge on any atom is 0.140 e. The fraction of sp³-hybridized carbons (Fsp3) is 0.600. The number of hydrogen-bond donors (Lipinski definition) is 0. The zero-order chi connectivity index (χ0) is 9.05. The number of Topliss-reactive ketones (excluding diaryl/α,β-unsaturated/α-hetero) is 1. The smallest absolute Gasteiger partial charge is 0.140 e. The van der Waals surface area contributed by atoms with Crippen molar-refractivity contribution >= 4 is 5.78 Å². The molecule has 0 atom stereocenters. The Bertz CT molecular complexity index is 374. The summed E-state index contributed by atoms with van der Waals surface area (Å²) in [7, 11) is 0. The summed E-state index contributed by atoms with van der Waals surface area (Å²) in [5.74, 6) is 0.465. The Hall–Kier alpha value is -1.12. The summed E-state index contributed by atoms with van der Waals surface area (Å²) in [6, 6.07) is 0.486. The summed E-state index contributed by atoms with van der Waals surface area (Å²) in [5.41, 5.74) is 1.31. The standard InChI is InChI=1S/C10H12N2O/c1-7-5-11-12(6-7)8-2-10(3-8)4-9(10)13/h5-6,8H,2-4H2,1H3. The van der Waals surface area contributed by atoms with Crippen LogP contribution in [0, 0.1) is 12.3 Å². The highest BCUT2D eigenvalue weighted by Crippen LogP contribution is 2.61. The first-order valence-corrected chi connectivity index (χ1v) is 4.74. The molecule has 2 saturated carbocycles. The van der Waals surface area contributed by atoms with Gasteiger partial charge >= 0.3 is 0 Å². The number of nitrogens with zero attached hydrogens (tertiary/aromatic N) is 2. The number of carbonyl (C=O) groups is 1. The number of aromatic nitrogens is 2. The molecule has 3 heteroatoms. The Kier molecular flexibility index (Phi) is 1.14. The third kappa shape index (κ3) is 0.900.